The second-order valence-electron chi connectivity index (χ2n) is 2.23. The Balaban J connectivity index is 3.14. The fourth-order valence-electron chi connectivity index (χ4n) is 0.720. The molecule has 0 saturated heterocycles. The van der Waals surface area contributed by atoms with E-state index in [0.29, 0.717) is 3.57 Å². The van der Waals surface area contributed by atoms with Gasteiger partial charge in [0.15, 0.2) is 0 Å². The van der Waals surface area contributed by atoms with Crippen LogP contribution in [0.3, 0.4) is 0 Å². The van der Waals surface area contributed by atoms with Crippen LogP contribution in [0.2, 0.25) is 0 Å². The normalized spacial score (nSPS) is 11.7. The predicted molar refractivity (Wildman–Crippen MR) is 48.6 cm³/mol. The molecule has 0 fully saturated rings. The van der Waals surface area contributed by atoms with E-state index in [1.54, 1.807) is 0 Å². The molecule has 1 rings (SSSR count). The van der Waals surface area contributed by atoms with Crippen LogP contribution in [0.25, 0.3) is 0 Å². The molecule has 5 heteroatoms. The molecule has 0 spiro atoms. The van der Waals surface area contributed by atoms with Crippen LogP contribution in [0.5, 0.6) is 0 Å². The molecule has 0 heterocycles. The maximum atomic E-state index is 12.0. The Bertz CT molecular complexity index is 295. The summed E-state index contributed by atoms with van der Waals surface area (Å²) in [4.78, 5) is 0. The molecule has 1 nitrogen and oxygen atoms in total. The number of nitrogen functional groups attached to an aromatic ring is 1. The quantitative estimate of drug-likeness (QED) is 0.576. The third-order valence-electron chi connectivity index (χ3n) is 1.32. The Morgan fingerprint density at radius 3 is 2.25 bits per heavy atom. The lowest BCUT2D eigenvalue weighted by atomic mass is 10.2. The first-order chi connectivity index (χ1) is 5.41. The predicted octanol–water partition coefficient (Wildman–Crippen LogP) is 2.89. The van der Waals surface area contributed by atoms with Crippen LogP contribution >= 0.6 is 22.6 Å². The zero-order valence-corrected chi connectivity index (χ0v) is 7.98. The van der Waals surface area contributed by atoms with Gasteiger partial charge in [-0.2, -0.15) is 13.2 Å². The number of hydrogen-bond acceptors (Lipinski definition) is 1. The van der Waals surface area contributed by atoms with E-state index in [4.69, 9.17) is 5.73 Å². The number of benzene rings is 1. The summed E-state index contributed by atoms with van der Waals surface area (Å²) in [5.41, 5.74) is 4.76. The largest absolute Gasteiger partial charge is 0.416 e. The van der Waals surface area contributed by atoms with E-state index < -0.39 is 11.7 Å². The van der Waals surface area contributed by atoms with Crippen molar-refractivity contribution >= 4 is 28.3 Å². The van der Waals surface area contributed by atoms with Crippen LogP contribution in [0.1, 0.15) is 5.56 Å². The topological polar surface area (TPSA) is 26.0 Å². The summed E-state index contributed by atoms with van der Waals surface area (Å²) < 4.78 is 36.8. The van der Waals surface area contributed by atoms with Crippen molar-refractivity contribution < 1.29 is 13.2 Å². The van der Waals surface area contributed by atoms with E-state index in [-0.39, 0.29) is 5.69 Å². The van der Waals surface area contributed by atoms with Crippen molar-refractivity contribution in [2.75, 3.05) is 5.73 Å². The lowest BCUT2D eigenvalue weighted by Crippen LogP contribution is -2.05. The summed E-state index contributed by atoms with van der Waals surface area (Å²) in [5, 5.41) is 0. The molecule has 0 aliphatic heterocycles. The first kappa shape index (κ1) is 9.63. The van der Waals surface area contributed by atoms with Crippen molar-refractivity contribution in [1.82, 2.24) is 0 Å². The smallest absolute Gasteiger partial charge is 0.398 e. The number of alkyl halides is 3. The maximum Gasteiger partial charge on any atom is 0.416 e. The van der Waals surface area contributed by atoms with Gasteiger partial charge in [-0.15, -0.1) is 0 Å². The Labute approximate surface area is 80.9 Å². The van der Waals surface area contributed by atoms with E-state index in [0.717, 1.165) is 12.1 Å². The van der Waals surface area contributed by atoms with Gasteiger partial charge in [-0.1, -0.05) is 0 Å². The summed E-state index contributed by atoms with van der Waals surface area (Å²) >= 11 is 1.88. The molecule has 0 amide bonds. The van der Waals surface area contributed by atoms with Crippen LogP contribution in [0.4, 0.5) is 18.9 Å². The summed E-state index contributed by atoms with van der Waals surface area (Å²) in [6.07, 6.45) is -4.31. The third kappa shape index (κ3) is 2.02. The fraction of sp³-hybridized carbons (Fsp3) is 0.143. The van der Waals surface area contributed by atoms with Crippen molar-refractivity contribution in [1.29, 1.82) is 0 Å². The van der Waals surface area contributed by atoms with Crippen molar-refractivity contribution in [3.8, 4) is 0 Å². The zero-order valence-electron chi connectivity index (χ0n) is 5.82. The van der Waals surface area contributed by atoms with Crippen LogP contribution in [-0.2, 0) is 6.18 Å². The summed E-state index contributed by atoms with van der Waals surface area (Å²) in [6.45, 7) is 0. The van der Waals surface area contributed by atoms with E-state index in [2.05, 4.69) is 0 Å². The molecule has 66 valence electrons. The average molecular weight is 287 g/mol. The Morgan fingerprint density at radius 1 is 1.25 bits per heavy atom. The van der Waals surface area contributed by atoms with Gasteiger partial charge in [-0.25, -0.2) is 0 Å². The second-order valence-corrected chi connectivity index (χ2v) is 3.40. The highest BCUT2D eigenvalue weighted by Gasteiger charge is 2.30. The first-order valence-corrected chi connectivity index (χ1v) is 4.11. The molecule has 0 saturated carbocycles. The fourth-order valence-corrected chi connectivity index (χ4v) is 1.06. The molecule has 0 atom stereocenters. The van der Waals surface area contributed by atoms with Gasteiger partial charge in [0, 0.05) is 9.26 Å². The molecular weight excluding hydrogens is 282 g/mol. The molecule has 0 aliphatic rings. The molecular formula is C7H5F3IN. The average Bonchev–Trinajstić information content (AvgIpc) is 1.92. The highest BCUT2D eigenvalue weighted by molar-refractivity contribution is 14.1. The van der Waals surface area contributed by atoms with Gasteiger partial charge in [0.05, 0.1) is 5.56 Å². The maximum absolute atomic E-state index is 12.0. The zero-order chi connectivity index (χ0) is 9.35. The molecule has 12 heavy (non-hydrogen) atoms. The highest BCUT2D eigenvalue weighted by atomic mass is 127. The Kier molecular flexibility index (Phi) is 2.50. The monoisotopic (exact) mass is 287 g/mol. The minimum absolute atomic E-state index is 0.158. The van der Waals surface area contributed by atoms with Crippen LogP contribution in [0, 0.1) is 3.57 Å². The highest BCUT2D eigenvalue weighted by Crippen LogP contribution is 2.31. The van der Waals surface area contributed by atoms with Crippen LogP contribution in [0.15, 0.2) is 18.2 Å². The van der Waals surface area contributed by atoms with Gasteiger partial charge in [-0.3, -0.25) is 0 Å². The first-order valence-electron chi connectivity index (χ1n) is 3.03. The van der Waals surface area contributed by atoms with Gasteiger partial charge in [0.2, 0.25) is 0 Å². The molecule has 0 unspecified atom stereocenters. The standard InChI is InChI=1S/C7H5F3IN/c8-7(9,10)4-1-2-5(11)6(12)3-4/h1-3H,12H2. The Morgan fingerprint density at radius 2 is 1.83 bits per heavy atom. The molecule has 0 bridgehead atoms. The minimum Gasteiger partial charge on any atom is -0.398 e. The van der Waals surface area contributed by atoms with Crippen molar-refractivity contribution in [2.24, 2.45) is 0 Å². The summed E-state index contributed by atoms with van der Waals surface area (Å²) in [5.74, 6) is 0. The molecule has 0 aliphatic carbocycles. The van der Waals surface area contributed by atoms with E-state index >= 15 is 0 Å². The molecule has 0 radical (unpaired) electrons. The number of halogens is 4. The van der Waals surface area contributed by atoms with Gasteiger partial charge in [0.1, 0.15) is 0 Å². The van der Waals surface area contributed by atoms with Crippen molar-refractivity contribution in [2.45, 2.75) is 6.18 Å². The number of hydrogen-bond donors (Lipinski definition) is 1. The van der Waals surface area contributed by atoms with Crippen molar-refractivity contribution in [3.05, 3.63) is 27.3 Å². The Hall–Kier alpha value is -0.460. The summed E-state index contributed by atoms with van der Waals surface area (Å²) in [7, 11) is 0. The van der Waals surface area contributed by atoms with Gasteiger partial charge >= 0.3 is 6.18 Å². The van der Waals surface area contributed by atoms with Gasteiger partial charge in [-0.05, 0) is 40.8 Å². The van der Waals surface area contributed by atoms with Crippen LogP contribution < -0.4 is 5.73 Å². The molecule has 2 N–H and O–H groups in total. The number of anilines is 1. The lowest BCUT2D eigenvalue weighted by molar-refractivity contribution is -0.137. The van der Waals surface area contributed by atoms with Gasteiger partial charge < -0.3 is 5.73 Å². The number of rotatable bonds is 0. The molecule has 0 aromatic heterocycles. The van der Waals surface area contributed by atoms with Gasteiger partial charge in [0.25, 0.3) is 0 Å². The van der Waals surface area contributed by atoms with E-state index in [1.807, 2.05) is 22.6 Å². The minimum atomic E-state index is -4.31. The number of nitrogens with two attached hydrogens (primary N) is 1. The molecule has 1 aromatic rings. The van der Waals surface area contributed by atoms with E-state index in [9.17, 15) is 13.2 Å². The van der Waals surface area contributed by atoms with E-state index in [1.165, 1.54) is 6.07 Å². The second kappa shape index (κ2) is 3.12. The molecule has 1 aromatic carbocycles. The summed E-state index contributed by atoms with van der Waals surface area (Å²) in [6, 6.07) is 3.29. The third-order valence-corrected chi connectivity index (χ3v) is 2.31. The van der Waals surface area contributed by atoms with Crippen LogP contribution in [-0.4, -0.2) is 0 Å². The lowest BCUT2D eigenvalue weighted by Gasteiger charge is -2.07. The van der Waals surface area contributed by atoms with Crippen molar-refractivity contribution in [3.63, 3.8) is 0 Å². The SMILES string of the molecule is Nc1cc(C(F)(F)F)ccc1I.